The molecule has 0 saturated heterocycles. The van der Waals surface area contributed by atoms with Gasteiger partial charge in [0.1, 0.15) is 0 Å². The van der Waals surface area contributed by atoms with Crippen molar-refractivity contribution in [3.05, 3.63) is 23.8 Å². The average Bonchev–Trinajstić information content (AvgIpc) is 2.31. The maximum Gasteiger partial charge on any atom is 0.241 e. The van der Waals surface area contributed by atoms with E-state index in [4.69, 9.17) is 11.0 Å². The standard InChI is InChI=1S/C13H18N4O/c1-16(2)13(18)9-17(3)11-4-5-12(15)10(8-11)6-7-14/h4-5,8H,6,9,15H2,1-3H3. The monoisotopic (exact) mass is 246 g/mol. The number of nitriles is 1. The van der Waals surface area contributed by atoms with Gasteiger partial charge in [0.05, 0.1) is 19.0 Å². The molecule has 0 aliphatic heterocycles. The molecular weight excluding hydrogens is 228 g/mol. The van der Waals surface area contributed by atoms with Crippen molar-refractivity contribution in [1.82, 2.24) is 4.90 Å². The molecule has 0 fully saturated rings. The summed E-state index contributed by atoms with van der Waals surface area (Å²) >= 11 is 0. The number of amides is 1. The van der Waals surface area contributed by atoms with E-state index in [0.717, 1.165) is 11.3 Å². The van der Waals surface area contributed by atoms with Gasteiger partial charge in [-0.25, -0.2) is 0 Å². The minimum Gasteiger partial charge on any atom is -0.398 e. The van der Waals surface area contributed by atoms with E-state index < -0.39 is 0 Å². The van der Waals surface area contributed by atoms with Gasteiger partial charge in [-0.15, -0.1) is 0 Å². The zero-order chi connectivity index (χ0) is 13.7. The van der Waals surface area contributed by atoms with Crippen molar-refractivity contribution in [3.8, 4) is 6.07 Å². The number of nitrogens with zero attached hydrogens (tertiary/aromatic N) is 3. The predicted octanol–water partition coefficient (Wildman–Crippen LogP) is 0.859. The summed E-state index contributed by atoms with van der Waals surface area (Å²) in [7, 11) is 5.28. The van der Waals surface area contributed by atoms with Crippen molar-refractivity contribution in [2.75, 3.05) is 38.3 Å². The lowest BCUT2D eigenvalue weighted by Gasteiger charge is -2.21. The normalized spacial score (nSPS) is 9.67. The fourth-order valence-corrected chi connectivity index (χ4v) is 1.50. The van der Waals surface area contributed by atoms with E-state index in [1.807, 2.05) is 24.1 Å². The van der Waals surface area contributed by atoms with Crippen molar-refractivity contribution in [2.24, 2.45) is 0 Å². The van der Waals surface area contributed by atoms with E-state index in [1.165, 1.54) is 0 Å². The first-order valence-corrected chi connectivity index (χ1v) is 5.62. The predicted molar refractivity (Wildman–Crippen MR) is 72.1 cm³/mol. The second-order valence-corrected chi connectivity index (χ2v) is 4.36. The highest BCUT2D eigenvalue weighted by Crippen LogP contribution is 2.20. The SMILES string of the molecule is CN(C)C(=O)CN(C)c1ccc(N)c(CC#N)c1. The molecule has 1 amide bonds. The zero-order valence-electron chi connectivity index (χ0n) is 11.0. The van der Waals surface area contributed by atoms with Crippen LogP contribution in [0.4, 0.5) is 11.4 Å². The Hall–Kier alpha value is -2.22. The molecule has 5 nitrogen and oxygen atoms in total. The molecule has 0 aliphatic carbocycles. The average molecular weight is 246 g/mol. The highest BCUT2D eigenvalue weighted by atomic mass is 16.2. The minimum atomic E-state index is 0.0242. The number of benzene rings is 1. The van der Waals surface area contributed by atoms with E-state index in [1.54, 1.807) is 25.1 Å². The molecule has 0 radical (unpaired) electrons. The summed E-state index contributed by atoms with van der Waals surface area (Å²) in [5, 5.41) is 8.71. The van der Waals surface area contributed by atoms with Gasteiger partial charge in [-0.2, -0.15) is 5.26 Å². The van der Waals surface area contributed by atoms with Crippen molar-refractivity contribution >= 4 is 17.3 Å². The Kier molecular flexibility index (Phi) is 4.55. The van der Waals surface area contributed by atoms with Gasteiger partial charge in [-0.05, 0) is 23.8 Å². The molecule has 2 N–H and O–H groups in total. The summed E-state index contributed by atoms with van der Waals surface area (Å²) in [6, 6.07) is 7.53. The summed E-state index contributed by atoms with van der Waals surface area (Å²) < 4.78 is 0. The highest BCUT2D eigenvalue weighted by molar-refractivity contribution is 5.81. The van der Waals surface area contributed by atoms with Crippen LogP contribution < -0.4 is 10.6 Å². The molecule has 1 aromatic carbocycles. The Morgan fingerprint density at radius 1 is 1.39 bits per heavy atom. The van der Waals surface area contributed by atoms with Crippen LogP contribution in [0, 0.1) is 11.3 Å². The van der Waals surface area contributed by atoms with Crippen LogP contribution in [0.15, 0.2) is 18.2 Å². The lowest BCUT2D eigenvalue weighted by atomic mass is 10.1. The molecule has 0 atom stereocenters. The van der Waals surface area contributed by atoms with Crippen LogP contribution in [-0.4, -0.2) is 38.5 Å². The fourth-order valence-electron chi connectivity index (χ4n) is 1.50. The van der Waals surface area contributed by atoms with Crippen LogP contribution in [0.2, 0.25) is 0 Å². The van der Waals surface area contributed by atoms with Crippen molar-refractivity contribution in [3.63, 3.8) is 0 Å². The molecule has 0 unspecified atom stereocenters. The third-order valence-electron chi connectivity index (χ3n) is 2.71. The van der Waals surface area contributed by atoms with Crippen LogP contribution in [-0.2, 0) is 11.2 Å². The zero-order valence-corrected chi connectivity index (χ0v) is 11.0. The van der Waals surface area contributed by atoms with E-state index in [0.29, 0.717) is 12.2 Å². The van der Waals surface area contributed by atoms with Gasteiger partial charge in [-0.3, -0.25) is 4.79 Å². The third kappa shape index (κ3) is 3.39. The quantitative estimate of drug-likeness (QED) is 0.800. The lowest BCUT2D eigenvalue weighted by molar-refractivity contribution is -0.127. The molecule has 5 heteroatoms. The van der Waals surface area contributed by atoms with E-state index in [9.17, 15) is 4.79 Å². The van der Waals surface area contributed by atoms with Gasteiger partial charge < -0.3 is 15.5 Å². The first kappa shape index (κ1) is 13.8. The fraction of sp³-hybridized carbons (Fsp3) is 0.385. The van der Waals surface area contributed by atoms with Gasteiger partial charge in [0, 0.05) is 32.5 Å². The molecule has 1 rings (SSSR count). The molecule has 0 bridgehead atoms. The molecule has 18 heavy (non-hydrogen) atoms. The third-order valence-corrected chi connectivity index (χ3v) is 2.71. The van der Waals surface area contributed by atoms with Gasteiger partial charge in [0.25, 0.3) is 0 Å². The second-order valence-electron chi connectivity index (χ2n) is 4.36. The molecule has 96 valence electrons. The smallest absolute Gasteiger partial charge is 0.241 e. The Morgan fingerprint density at radius 2 is 2.06 bits per heavy atom. The molecule has 1 aromatic rings. The lowest BCUT2D eigenvalue weighted by Crippen LogP contribution is -2.34. The maximum absolute atomic E-state index is 11.6. The molecule has 0 spiro atoms. The van der Waals surface area contributed by atoms with Crippen LogP contribution in [0.3, 0.4) is 0 Å². The van der Waals surface area contributed by atoms with Crippen molar-refractivity contribution < 1.29 is 4.79 Å². The number of hydrogen-bond acceptors (Lipinski definition) is 4. The van der Waals surface area contributed by atoms with Crippen LogP contribution >= 0.6 is 0 Å². The van der Waals surface area contributed by atoms with Gasteiger partial charge in [-0.1, -0.05) is 0 Å². The summed E-state index contributed by atoms with van der Waals surface area (Å²) in [6.45, 7) is 0.295. The van der Waals surface area contributed by atoms with E-state index in [-0.39, 0.29) is 12.3 Å². The van der Waals surface area contributed by atoms with Crippen LogP contribution in [0.5, 0.6) is 0 Å². The van der Waals surface area contributed by atoms with Crippen molar-refractivity contribution in [2.45, 2.75) is 6.42 Å². The molecule has 0 saturated carbocycles. The van der Waals surface area contributed by atoms with Crippen molar-refractivity contribution in [1.29, 1.82) is 5.26 Å². The molecule has 0 aromatic heterocycles. The number of hydrogen-bond donors (Lipinski definition) is 1. The largest absolute Gasteiger partial charge is 0.398 e. The van der Waals surface area contributed by atoms with Crippen LogP contribution in [0.1, 0.15) is 5.56 Å². The highest BCUT2D eigenvalue weighted by Gasteiger charge is 2.10. The minimum absolute atomic E-state index is 0.0242. The van der Waals surface area contributed by atoms with Gasteiger partial charge >= 0.3 is 0 Å². The van der Waals surface area contributed by atoms with Gasteiger partial charge in [0.15, 0.2) is 0 Å². The Bertz CT molecular complexity index is 476. The van der Waals surface area contributed by atoms with E-state index >= 15 is 0 Å². The number of rotatable bonds is 4. The topological polar surface area (TPSA) is 73.4 Å². The number of nitrogen functional groups attached to an aromatic ring is 1. The molecule has 0 aliphatic rings. The first-order valence-electron chi connectivity index (χ1n) is 5.62. The van der Waals surface area contributed by atoms with Crippen LogP contribution in [0.25, 0.3) is 0 Å². The van der Waals surface area contributed by atoms with E-state index in [2.05, 4.69) is 6.07 Å². The Labute approximate surface area is 107 Å². The number of nitrogens with two attached hydrogens (primary N) is 1. The first-order chi connectivity index (χ1) is 8.45. The molecular formula is C13H18N4O. The summed E-state index contributed by atoms with van der Waals surface area (Å²) in [6.07, 6.45) is 0.273. The Balaban J connectivity index is 2.87. The Morgan fingerprint density at radius 3 is 2.61 bits per heavy atom. The number of anilines is 2. The molecule has 0 heterocycles. The summed E-state index contributed by atoms with van der Waals surface area (Å²) in [4.78, 5) is 15.0. The number of likely N-dealkylation sites (N-methyl/N-ethyl adjacent to an activating group) is 2. The summed E-state index contributed by atoms with van der Waals surface area (Å²) in [5.41, 5.74) is 8.05. The maximum atomic E-state index is 11.6. The number of carbonyl (C=O) groups is 1. The second kappa shape index (κ2) is 5.92. The number of carbonyl (C=O) groups excluding carboxylic acids is 1. The summed E-state index contributed by atoms with van der Waals surface area (Å²) in [5.74, 6) is 0.0242. The van der Waals surface area contributed by atoms with Gasteiger partial charge in [0.2, 0.25) is 5.91 Å².